The van der Waals surface area contributed by atoms with Gasteiger partial charge < -0.3 is 10.2 Å². The standard InChI is InChI=1S/C16H22N4O2/c1-2-5-13-16(22)20-9-8-19(11-14(20)15(21)18-13)10-12-6-3-4-7-17-12/h3-4,6-7,13-14H,2,5,8-11H2,1H3,(H,18,21)/t13-,14+/m0/s1. The molecule has 0 aliphatic carbocycles. The summed E-state index contributed by atoms with van der Waals surface area (Å²) in [6.45, 7) is 4.71. The molecule has 2 amide bonds. The predicted molar refractivity (Wildman–Crippen MR) is 81.9 cm³/mol. The monoisotopic (exact) mass is 302 g/mol. The first-order valence-corrected chi connectivity index (χ1v) is 7.92. The van der Waals surface area contributed by atoms with Crippen molar-refractivity contribution in [1.29, 1.82) is 0 Å². The summed E-state index contributed by atoms with van der Waals surface area (Å²) in [5.74, 6) is 0.0488. The van der Waals surface area contributed by atoms with Crippen molar-refractivity contribution in [2.75, 3.05) is 19.6 Å². The Hall–Kier alpha value is -1.95. The average Bonchev–Trinajstić information content (AvgIpc) is 2.53. The molecule has 0 spiro atoms. The van der Waals surface area contributed by atoms with Gasteiger partial charge in [-0.25, -0.2) is 0 Å². The highest BCUT2D eigenvalue weighted by atomic mass is 16.2. The highest BCUT2D eigenvalue weighted by Crippen LogP contribution is 2.19. The van der Waals surface area contributed by atoms with E-state index in [-0.39, 0.29) is 23.9 Å². The molecule has 1 N–H and O–H groups in total. The van der Waals surface area contributed by atoms with Crippen molar-refractivity contribution >= 4 is 11.8 Å². The Labute approximate surface area is 130 Å². The Balaban J connectivity index is 1.66. The van der Waals surface area contributed by atoms with Crippen LogP contribution in [-0.2, 0) is 16.1 Å². The molecule has 3 heterocycles. The second kappa shape index (κ2) is 6.44. The maximum absolute atomic E-state index is 12.4. The zero-order valence-corrected chi connectivity index (χ0v) is 12.9. The summed E-state index contributed by atoms with van der Waals surface area (Å²) in [6, 6.07) is 5.14. The van der Waals surface area contributed by atoms with Gasteiger partial charge >= 0.3 is 0 Å². The van der Waals surface area contributed by atoms with E-state index in [9.17, 15) is 9.59 Å². The topological polar surface area (TPSA) is 65.5 Å². The number of carbonyl (C=O) groups excluding carboxylic acids is 2. The number of piperazine rings is 2. The van der Waals surface area contributed by atoms with Crippen molar-refractivity contribution in [3.8, 4) is 0 Å². The van der Waals surface area contributed by atoms with Gasteiger partial charge in [-0.3, -0.25) is 19.5 Å². The smallest absolute Gasteiger partial charge is 0.245 e. The lowest BCUT2D eigenvalue weighted by atomic mass is 10.0. The molecular weight excluding hydrogens is 280 g/mol. The van der Waals surface area contributed by atoms with E-state index < -0.39 is 0 Å². The van der Waals surface area contributed by atoms with Crippen LogP contribution in [0.3, 0.4) is 0 Å². The predicted octanol–water partition coefficient (Wildman–Crippen LogP) is 0.393. The molecule has 0 bridgehead atoms. The van der Waals surface area contributed by atoms with Crippen molar-refractivity contribution in [3.63, 3.8) is 0 Å². The van der Waals surface area contributed by atoms with Gasteiger partial charge in [0.25, 0.3) is 0 Å². The van der Waals surface area contributed by atoms with E-state index >= 15 is 0 Å². The van der Waals surface area contributed by atoms with E-state index in [1.165, 1.54) is 0 Å². The first-order chi connectivity index (χ1) is 10.7. The highest BCUT2D eigenvalue weighted by molar-refractivity contribution is 5.97. The number of amides is 2. The van der Waals surface area contributed by atoms with Crippen molar-refractivity contribution in [2.24, 2.45) is 0 Å². The summed E-state index contributed by atoms with van der Waals surface area (Å²) >= 11 is 0. The van der Waals surface area contributed by atoms with E-state index in [2.05, 4.69) is 15.2 Å². The van der Waals surface area contributed by atoms with Crippen LogP contribution < -0.4 is 5.32 Å². The Morgan fingerprint density at radius 2 is 2.18 bits per heavy atom. The fourth-order valence-electron chi connectivity index (χ4n) is 3.21. The summed E-state index contributed by atoms with van der Waals surface area (Å²) in [5.41, 5.74) is 0.988. The summed E-state index contributed by atoms with van der Waals surface area (Å²) in [5, 5.41) is 2.88. The number of aromatic nitrogens is 1. The SMILES string of the molecule is CCC[C@@H]1NC(=O)[C@H]2CN(Cc3ccccn3)CCN2C1=O. The van der Waals surface area contributed by atoms with Gasteiger partial charge in [-0.15, -0.1) is 0 Å². The fraction of sp³-hybridized carbons (Fsp3) is 0.562. The molecule has 22 heavy (non-hydrogen) atoms. The summed E-state index contributed by atoms with van der Waals surface area (Å²) in [6.07, 6.45) is 3.38. The fourth-order valence-corrected chi connectivity index (χ4v) is 3.21. The normalized spacial score (nSPS) is 25.8. The lowest BCUT2D eigenvalue weighted by Crippen LogP contribution is -2.69. The lowest BCUT2D eigenvalue weighted by molar-refractivity contribution is -0.153. The number of pyridine rings is 1. The van der Waals surface area contributed by atoms with Crippen LogP contribution in [0.1, 0.15) is 25.5 Å². The van der Waals surface area contributed by atoms with Crippen LogP contribution in [0.15, 0.2) is 24.4 Å². The van der Waals surface area contributed by atoms with Crippen molar-refractivity contribution in [1.82, 2.24) is 20.1 Å². The third-order valence-corrected chi connectivity index (χ3v) is 4.35. The van der Waals surface area contributed by atoms with Crippen molar-refractivity contribution < 1.29 is 9.59 Å². The van der Waals surface area contributed by atoms with Gasteiger partial charge in [0, 0.05) is 32.4 Å². The highest BCUT2D eigenvalue weighted by Gasteiger charge is 2.42. The molecule has 118 valence electrons. The van der Waals surface area contributed by atoms with Gasteiger partial charge in [0.15, 0.2) is 0 Å². The molecule has 1 aromatic heterocycles. The Bertz CT molecular complexity index is 548. The summed E-state index contributed by atoms with van der Waals surface area (Å²) in [7, 11) is 0. The van der Waals surface area contributed by atoms with Crippen LogP contribution in [0, 0.1) is 0 Å². The average molecular weight is 302 g/mol. The first kappa shape index (κ1) is 15.0. The second-order valence-electron chi connectivity index (χ2n) is 5.95. The van der Waals surface area contributed by atoms with Gasteiger partial charge in [0.1, 0.15) is 12.1 Å². The molecule has 2 aliphatic heterocycles. The zero-order chi connectivity index (χ0) is 15.5. The molecule has 0 saturated carbocycles. The second-order valence-corrected chi connectivity index (χ2v) is 5.95. The zero-order valence-electron chi connectivity index (χ0n) is 12.9. The first-order valence-electron chi connectivity index (χ1n) is 7.92. The minimum Gasteiger partial charge on any atom is -0.342 e. The number of rotatable bonds is 4. The number of fused-ring (bicyclic) bond motifs is 1. The molecule has 0 unspecified atom stereocenters. The van der Waals surface area contributed by atoms with Crippen LogP contribution in [0.5, 0.6) is 0 Å². The molecule has 2 fully saturated rings. The summed E-state index contributed by atoms with van der Waals surface area (Å²) in [4.78, 5) is 33.0. The molecule has 0 aromatic carbocycles. The third kappa shape index (κ3) is 2.97. The molecular formula is C16H22N4O2. The molecule has 3 rings (SSSR count). The molecule has 2 aliphatic rings. The molecule has 2 atom stereocenters. The van der Waals surface area contributed by atoms with Crippen LogP contribution in [0.2, 0.25) is 0 Å². The van der Waals surface area contributed by atoms with E-state index in [1.807, 2.05) is 25.1 Å². The quantitative estimate of drug-likeness (QED) is 0.874. The summed E-state index contributed by atoms with van der Waals surface area (Å²) < 4.78 is 0. The van der Waals surface area contributed by atoms with Gasteiger partial charge in [-0.2, -0.15) is 0 Å². The largest absolute Gasteiger partial charge is 0.342 e. The van der Waals surface area contributed by atoms with Gasteiger partial charge in [0.2, 0.25) is 11.8 Å². The number of hydrogen-bond acceptors (Lipinski definition) is 4. The Kier molecular flexibility index (Phi) is 4.38. The molecule has 0 radical (unpaired) electrons. The van der Waals surface area contributed by atoms with Crippen LogP contribution in [0.25, 0.3) is 0 Å². The lowest BCUT2D eigenvalue weighted by Gasteiger charge is -2.45. The Morgan fingerprint density at radius 1 is 1.32 bits per heavy atom. The van der Waals surface area contributed by atoms with Gasteiger partial charge in [-0.1, -0.05) is 19.4 Å². The number of hydrogen-bond donors (Lipinski definition) is 1. The molecule has 6 nitrogen and oxygen atoms in total. The van der Waals surface area contributed by atoms with Crippen LogP contribution >= 0.6 is 0 Å². The number of nitrogens with one attached hydrogen (secondary N) is 1. The Morgan fingerprint density at radius 3 is 2.91 bits per heavy atom. The van der Waals surface area contributed by atoms with E-state index in [1.54, 1.807) is 11.1 Å². The van der Waals surface area contributed by atoms with Crippen molar-refractivity contribution in [2.45, 2.75) is 38.4 Å². The van der Waals surface area contributed by atoms with Crippen LogP contribution in [0.4, 0.5) is 0 Å². The molecule has 2 saturated heterocycles. The van der Waals surface area contributed by atoms with Crippen molar-refractivity contribution in [3.05, 3.63) is 30.1 Å². The number of carbonyl (C=O) groups is 2. The van der Waals surface area contributed by atoms with Gasteiger partial charge in [-0.05, 0) is 18.6 Å². The number of nitrogens with zero attached hydrogens (tertiary/aromatic N) is 3. The van der Waals surface area contributed by atoms with E-state index in [4.69, 9.17) is 0 Å². The van der Waals surface area contributed by atoms with Crippen LogP contribution in [-0.4, -0.2) is 58.3 Å². The molecule has 6 heteroatoms. The minimum absolute atomic E-state index is 0.0243. The van der Waals surface area contributed by atoms with E-state index in [0.29, 0.717) is 26.1 Å². The molecule has 1 aromatic rings. The van der Waals surface area contributed by atoms with Gasteiger partial charge in [0.05, 0.1) is 5.69 Å². The maximum atomic E-state index is 12.4. The maximum Gasteiger partial charge on any atom is 0.245 e. The van der Waals surface area contributed by atoms with E-state index in [0.717, 1.165) is 18.7 Å². The third-order valence-electron chi connectivity index (χ3n) is 4.35. The minimum atomic E-state index is -0.363.